The number of carbonyl (C=O) groups excluding carboxylic acids is 1. The molecule has 2 fully saturated rings. The molecule has 2 aromatic rings. The lowest BCUT2D eigenvalue weighted by atomic mass is 9.51. The number of halogens is 3. The molecule has 2 aliphatic heterocycles. The summed E-state index contributed by atoms with van der Waals surface area (Å²) in [5.74, 6) is 5.35. The van der Waals surface area contributed by atoms with Crippen molar-refractivity contribution in [2.24, 2.45) is 5.92 Å². The number of ether oxygens (including phenoxy) is 1. The SMILES string of the molecule is C=C(CN1CC[C@]23c4c5ccc(O)c4O[C@H]2[C@H](N(C)C(=O)C#Cc2ccc(C(F)(F)F)cc2)CC[C@H]3[C@H]1C5)[N+](=O)[O-]. The van der Waals surface area contributed by atoms with E-state index in [9.17, 15) is 33.2 Å². The van der Waals surface area contributed by atoms with E-state index in [4.69, 9.17) is 4.74 Å². The number of amides is 1. The van der Waals surface area contributed by atoms with Gasteiger partial charge in [-0.3, -0.25) is 19.8 Å². The number of nitro groups is 1. The Morgan fingerprint density at radius 1 is 1.27 bits per heavy atom. The number of likely N-dealkylation sites (tertiary alicyclic amines) is 1. The third-order valence-electron chi connectivity index (χ3n) is 9.39. The number of hydrogen-bond donors (Lipinski definition) is 1. The molecule has 0 unspecified atom stereocenters. The monoisotopic (exact) mass is 567 g/mol. The fraction of sp³-hybridized carbons (Fsp3) is 0.433. The van der Waals surface area contributed by atoms with Gasteiger partial charge in [0.05, 0.1) is 23.1 Å². The van der Waals surface area contributed by atoms with Crippen molar-refractivity contribution < 1.29 is 32.7 Å². The average Bonchev–Trinajstić information content (AvgIpc) is 3.29. The number of alkyl halides is 3. The highest BCUT2D eigenvalue weighted by Gasteiger charge is 2.66. The standard InChI is InChI=1S/C30H28F3N3O5/c1-17(36(39)40)16-35-14-13-29-21-9-10-22(28(29)41-27-24(37)11-6-19(26(27)29)15-23(21)35)34(2)25(38)12-5-18-3-7-20(8-4-18)30(31,32)33/h3-4,6-8,11,21-23,28,37H,1,9-10,13-16H2,2H3/t21-,22+,23+,28-,29-/m0/s1. The Bertz CT molecular complexity index is 1510. The summed E-state index contributed by atoms with van der Waals surface area (Å²) in [5.41, 5.74) is 0.995. The van der Waals surface area contributed by atoms with E-state index in [2.05, 4.69) is 23.3 Å². The first kappa shape index (κ1) is 27.1. The van der Waals surface area contributed by atoms with Gasteiger partial charge in [-0.25, -0.2) is 0 Å². The number of phenols is 1. The van der Waals surface area contributed by atoms with Gasteiger partial charge in [0.15, 0.2) is 11.5 Å². The minimum atomic E-state index is -4.46. The third kappa shape index (κ3) is 4.23. The number of hydrogen-bond acceptors (Lipinski definition) is 6. The largest absolute Gasteiger partial charge is 0.504 e. The second-order valence-corrected chi connectivity index (χ2v) is 11.3. The fourth-order valence-corrected chi connectivity index (χ4v) is 7.59. The van der Waals surface area contributed by atoms with Crippen LogP contribution in [-0.2, 0) is 22.8 Å². The molecular weight excluding hydrogens is 539 g/mol. The molecular formula is C30H28F3N3O5. The van der Waals surface area contributed by atoms with Gasteiger partial charge in [-0.15, -0.1) is 0 Å². The molecule has 214 valence electrons. The quantitative estimate of drug-likeness (QED) is 0.339. The Morgan fingerprint density at radius 3 is 2.68 bits per heavy atom. The highest BCUT2D eigenvalue weighted by Crippen LogP contribution is 2.64. The van der Waals surface area contributed by atoms with Crippen LogP contribution in [0.15, 0.2) is 48.7 Å². The van der Waals surface area contributed by atoms with Crippen LogP contribution in [0.1, 0.15) is 41.5 Å². The topological polar surface area (TPSA) is 96.2 Å². The van der Waals surface area contributed by atoms with Crippen LogP contribution in [0.2, 0.25) is 0 Å². The summed E-state index contributed by atoms with van der Waals surface area (Å²) in [4.78, 5) is 27.8. The summed E-state index contributed by atoms with van der Waals surface area (Å²) in [6.45, 7) is 4.39. The van der Waals surface area contributed by atoms with Crippen LogP contribution in [0.25, 0.3) is 0 Å². The molecule has 1 saturated heterocycles. The maximum absolute atomic E-state index is 13.2. The maximum atomic E-state index is 13.2. The van der Waals surface area contributed by atoms with E-state index in [1.807, 2.05) is 6.07 Å². The van der Waals surface area contributed by atoms with Gasteiger partial charge >= 0.3 is 6.18 Å². The Kier molecular flexibility index (Phi) is 6.30. The van der Waals surface area contributed by atoms with Crippen molar-refractivity contribution in [1.29, 1.82) is 0 Å². The molecule has 4 aliphatic rings. The molecule has 1 amide bonds. The van der Waals surface area contributed by atoms with E-state index in [0.29, 0.717) is 37.1 Å². The molecule has 2 aromatic carbocycles. The molecule has 1 spiro atoms. The highest BCUT2D eigenvalue weighted by atomic mass is 19.4. The second kappa shape index (κ2) is 9.52. The van der Waals surface area contributed by atoms with Gasteiger partial charge < -0.3 is 14.7 Å². The summed E-state index contributed by atoms with van der Waals surface area (Å²) in [5, 5.41) is 22.1. The molecule has 41 heavy (non-hydrogen) atoms. The first-order chi connectivity index (χ1) is 19.4. The lowest BCUT2D eigenvalue weighted by Crippen LogP contribution is -2.69. The minimum absolute atomic E-state index is 0.0240. The minimum Gasteiger partial charge on any atom is -0.504 e. The lowest BCUT2D eigenvalue weighted by Gasteiger charge is -2.60. The fourth-order valence-electron chi connectivity index (χ4n) is 7.59. The van der Waals surface area contributed by atoms with Crippen molar-refractivity contribution in [2.45, 2.75) is 55.5 Å². The van der Waals surface area contributed by atoms with Gasteiger partial charge in [0.1, 0.15) is 6.10 Å². The number of phenolic OH excluding ortho intramolecular Hbond substituents is 1. The van der Waals surface area contributed by atoms with E-state index in [1.54, 1.807) is 18.0 Å². The van der Waals surface area contributed by atoms with E-state index in [1.165, 1.54) is 12.1 Å². The van der Waals surface area contributed by atoms with Crippen molar-refractivity contribution >= 4 is 5.91 Å². The summed E-state index contributed by atoms with van der Waals surface area (Å²) < 4.78 is 45.1. The molecule has 0 radical (unpaired) electrons. The number of nitrogens with zero attached hydrogens (tertiary/aromatic N) is 3. The van der Waals surface area contributed by atoms with Crippen LogP contribution in [-0.4, -0.2) is 64.1 Å². The predicted molar refractivity (Wildman–Crippen MR) is 142 cm³/mol. The zero-order chi connectivity index (χ0) is 29.3. The van der Waals surface area contributed by atoms with Gasteiger partial charge in [-0.1, -0.05) is 12.0 Å². The Morgan fingerprint density at radius 2 is 2.00 bits per heavy atom. The Hall–Kier alpha value is -4.04. The number of aromatic hydroxyl groups is 1. The van der Waals surface area contributed by atoms with Crippen LogP contribution < -0.4 is 4.74 Å². The van der Waals surface area contributed by atoms with Crippen LogP contribution in [0.5, 0.6) is 11.5 Å². The Balaban J connectivity index is 1.29. The number of benzene rings is 2. The van der Waals surface area contributed by atoms with Crippen molar-refractivity contribution in [3.8, 4) is 23.3 Å². The molecule has 8 nitrogen and oxygen atoms in total. The Labute approximate surface area is 234 Å². The van der Waals surface area contributed by atoms with E-state index in [0.717, 1.165) is 29.7 Å². The molecule has 11 heteroatoms. The van der Waals surface area contributed by atoms with Crippen molar-refractivity contribution in [2.75, 3.05) is 20.1 Å². The summed E-state index contributed by atoms with van der Waals surface area (Å²) in [6, 6.07) is 7.49. The summed E-state index contributed by atoms with van der Waals surface area (Å²) >= 11 is 0. The molecule has 2 bridgehead atoms. The lowest BCUT2D eigenvalue weighted by molar-refractivity contribution is -0.428. The van der Waals surface area contributed by atoms with Crippen LogP contribution >= 0.6 is 0 Å². The summed E-state index contributed by atoms with van der Waals surface area (Å²) in [6.07, 6.45) is -2.24. The number of piperidine rings is 1. The van der Waals surface area contributed by atoms with Gasteiger partial charge in [0.25, 0.3) is 11.6 Å². The molecule has 2 heterocycles. The van der Waals surface area contributed by atoms with E-state index < -0.39 is 34.1 Å². The first-order valence-electron chi connectivity index (χ1n) is 13.5. The van der Waals surface area contributed by atoms with Crippen molar-refractivity contribution in [3.63, 3.8) is 0 Å². The predicted octanol–water partition coefficient (Wildman–Crippen LogP) is 4.12. The number of rotatable bonds is 4. The first-order valence-corrected chi connectivity index (χ1v) is 13.5. The van der Waals surface area contributed by atoms with Crippen molar-refractivity contribution in [3.05, 3.63) is 81.0 Å². The van der Waals surface area contributed by atoms with Gasteiger partial charge in [-0.2, -0.15) is 13.2 Å². The third-order valence-corrected chi connectivity index (χ3v) is 9.39. The zero-order valence-corrected chi connectivity index (χ0v) is 22.3. The smallest absolute Gasteiger partial charge is 0.416 e. The van der Waals surface area contributed by atoms with Gasteiger partial charge in [-0.05, 0) is 74.1 Å². The molecule has 6 rings (SSSR count). The van der Waals surface area contributed by atoms with Crippen LogP contribution in [0, 0.1) is 27.9 Å². The van der Waals surface area contributed by atoms with E-state index in [-0.39, 0.29) is 36.0 Å². The normalized spacial score (nSPS) is 27.6. The molecule has 5 atom stereocenters. The zero-order valence-electron chi connectivity index (χ0n) is 22.3. The second-order valence-electron chi connectivity index (χ2n) is 11.3. The molecule has 1 saturated carbocycles. The molecule has 1 N–H and O–H groups in total. The van der Waals surface area contributed by atoms with Crippen LogP contribution in [0.3, 0.4) is 0 Å². The number of carbonyl (C=O) groups is 1. The van der Waals surface area contributed by atoms with Gasteiger partial charge in [0, 0.05) is 42.1 Å². The maximum Gasteiger partial charge on any atom is 0.416 e. The number of likely N-dealkylation sites (N-methyl/N-ethyl adjacent to an activating group) is 1. The summed E-state index contributed by atoms with van der Waals surface area (Å²) in [7, 11) is 1.65. The average molecular weight is 568 g/mol. The molecule has 2 aliphatic carbocycles. The highest BCUT2D eigenvalue weighted by molar-refractivity contribution is 5.94. The van der Waals surface area contributed by atoms with Crippen molar-refractivity contribution in [1.82, 2.24) is 9.80 Å². The molecule has 0 aromatic heterocycles. The van der Waals surface area contributed by atoms with E-state index >= 15 is 0 Å². The van der Waals surface area contributed by atoms with Crippen LogP contribution in [0.4, 0.5) is 13.2 Å². The van der Waals surface area contributed by atoms with Gasteiger partial charge in [0.2, 0.25) is 0 Å².